The van der Waals surface area contributed by atoms with Crippen LogP contribution in [0, 0.1) is 6.92 Å². The Kier molecular flexibility index (Phi) is 2.69. The number of aromatic nitrogens is 1. The molecular weight excluding hydrogens is 244 g/mol. The number of anilines is 1. The van der Waals surface area contributed by atoms with E-state index in [0.29, 0.717) is 11.4 Å². The third kappa shape index (κ3) is 1.94. The summed E-state index contributed by atoms with van der Waals surface area (Å²) in [6.45, 7) is 1.76. The number of benzene rings is 1. The number of hydrogen-bond acceptors (Lipinski definition) is 5. The van der Waals surface area contributed by atoms with E-state index in [1.165, 1.54) is 12.1 Å². The van der Waals surface area contributed by atoms with Crippen molar-refractivity contribution in [3.05, 3.63) is 35.3 Å². The van der Waals surface area contributed by atoms with Gasteiger partial charge < -0.3 is 5.73 Å². The van der Waals surface area contributed by atoms with Crippen molar-refractivity contribution >= 4 is 26.9 Å². The minimum Gasteiger partial charge on any atom is -0.399 e. The van der Waals surface area contributed by atoms with Crippen LogP contribution in [0.25, 0.3) is 0 Å². The van der Waals surface area contributed by atoms with Crippen LogP contribution in [0.5, 0.6) is 0 Å². The number of nitrogen functional groups attached to an aromatic ring is 1. The minimum absolute atomic E-state index is 0.120. The Balaban J connectivity index is 2.51. The highest BCUT2D eigenvalue weighted by Gasteiger charge is 2.20. The van der Waals surface area contributed by atoms with Crippen LogP contribution in [0.2, 0.25) is 0 Å². The lowest BCUT2D eigenvalue weighted by molar-refractivity contribution is 0.595. The smallest absolute Gasteiger partial charge is 0.233 e. The van der Waals surface area contributed by atoms with Gasteiger partial charge in [0.15, 0.2) is 0 Å². The molecule has 84 valence electrons. The van der Waals surface area contributed by atoms with Crippen molar-refractivity contribution in [1.29, 1.82) is 0 Å². The fourth-order valence-corrected chi connectivity index (χ4v) is 3.62. The monoisotopic (exact) mass is 254 g/mol. The summed E-state index contributed by atoms with van der Waals surface area (Å²) >= 11 is 1.13. The van der Waals surface area contributed by atoms with E-state index in [-0.39, 0.29) is 9.24 Å². The van der Waals surface area contributed by atoms with Gasteiger partial charge in [0.25, 0.3) is 0 Å². The van der Waals surface area contributed by atoms with Crippen LogP contribution in [0.15, 0.2) is 38.9 Å². The molecule has 0 atom stereocenters. The van der Waals surface area contributed by atoms with Crippen LogP contribution < -0.4 is 5.73 Å². The second kappa shape index (κ2) is 3.88. The number of rotatable bonds is 2. The Hall–Kier alpha value is -1.40. The SMILES string of the molecule is Cc1csc(S(=O)(=O)c2ccc(N)cc2)n1. The van der Waals surface area contributed by atoms with Crippen molar-refractivity contribution in [2.24, 2.45) is 0 Å². The van der Waals surface area contributed by atoms with Gasteiger partial charge in [0.05, 0.1) is 4.90 Å². The molecule has 0 amide bonds. The molecule has 16 heavy (non-hydrogen) atoms. The normalized spacial score (nSPS) is 11.6. The summed E-state index contributed by atoms with van der Waals surface area (Å²) < 4.78 is 24.3. The predicted molar refractivity (Wildman–Crippen MR) is 63.2 cm³/mol. The molecule has 1 aromatic heterocycles. The molecule has 2 rings (SSSR count). The zero-order chi connectivity index (χ0) is 11.8. The fraction of sp³-hybridized carbons (Fsp3) is 0.100. The summed E-state index contributed by atoms with van der Waals surface area (Å²) in [6.07, 6.45) is 0. The molecule has 4 nitrogen and oxygen atoms in total. The Bertz CT molecular complexity index is 600. The van der Waals surface area contributed by atoms with Gasteiger partial charge in [-0.05, 0) is 31.2 Å². The molecule has 1 aromatic carbocycles. The van der Waals surface area contributed by atoms with E-state index in [2.05, 4.69) is 4.98 Å². The molecule has 0 spiro atoms. The molecule has 0 radical (unpaired) electrons. The number of sulfone groups is 1. The lowest BCUT2D eigenvalue weighted by atomic mass is 10.3. The van der Waals surface area contributed by atoms with Gasteiger partial charge in [0.1, 0.15) is 0 Å². The van der Waals surface area contributed by atoms with Gasteiger partial charge in [-0.1, -0.05) is 0 Å². The van der Waals surface area contributed by atoms with Crippen molar-refractivity contribution in [2.45, 2.75) is 16.2 Å². The molecular formula is C10H10N2O2S2. The van der Waals surface area contributed by atoms with Gasteiger partial charge >= 0.3 is 0 Å². The molecule has 0 unspecified atom stereocenters. The second-order valence-corrected chi connectivity index (χ2v) is 6.31. The standard InChI is InChI=1S/C10H10N2O2S2/c1-7-6-15-10(12-7)16(13,14)9-4-2-8(11)3-5-9/h2-6H,11H2,1H3. The molecule has 0 aliphatic carbocycles. The molecule has 6 heteroatoms. The van der Waals surface area contributed by atoms with E-state index < -0.39 is 9.84 Å². The van der Waals surface area contributed by atoms with Crippen molar-refractivity contribution in [3.63, 3.8) is 0 Å². The molecule has 1 heterocycles. The van der Waals surface area contributed by atoms with E-state index in [9.17, 15) is 8.42 Å². The first-order chi connectivity index (χ1) is 7.50. The summed E-state index contributed by atoms with van der Waals surface area (Å²) in [5.41, 5.74) is 6.75. The van der Waals surface area contributed by atoms with Crippen molar-refractivity contribution in [2.75, 3.05) is 5.73 Å². The van der Waals surface area contributed by atoms with Crippen LogP contribution in [0.1, 0.15) is 5.69 Å². The largest absolute Gasteiger partial charge is 0.399 e. The zero-order valence-corrected chi connectivity index (χ0v) is 10.2. The van der Waals surface area contributed by atoms with Gasteiger partial charge in [0.2, 0.25) is 14.2 Å². The minimum atomic E-state index is -3.48. The highest BCUT2D eigenvalue weighted by Crippen LogP contribution is 2.24. The summed E-state index contributed by atoms with van der Waals surface area (Å²) in [5.74, 6) is 0. The van der Waals surface area contributed by atoms with Crippen molar-refractivity contribution < 1.29 is 8.42 Å². The third-order valence-corrected chi connectivity index (χ3v) is 5.16. The molecule has 0 aliphatic heterocycles. The average molecular weight is 254 g/mol. The molecule has 0 saturated carbocycles. The van der Waals surface area contributed by atoms with E-state index in [1.54, 1.807) is 24.4 Å². The molecule has 2 aromatic rings. The zero-order valence-electron chi connectivity index (χ0n) is 8.54. The van der Waals surface area contributed by atoms with Gasteiger partial charge in [-0.25, -0.2) is 13.4 Å². The number of nitrogens with zero attached hydrogens (tertiary/aromatic N) is 1. The third-order valence-electron chi connectivity index (χ3n) is 2.02. The number of hydrogen-bond donors (Lipinski definition) is 1. The van der Waals surface area contributed by atoms with Crippen molar-refractivity contribution in [3.8, 4) is 0 Å². The maximum Gasteiger partial charge on any atom is 0.233 e. The quantitative estimate of drug-likeness (QED) is 0.830. The van der Waals surface area contributed by atoms with Gasteiger partial charge in [0, 0.05) is 16.8 Å². The average Bonchev–Trinajstić information content (AvgIpc) is 2.66. The maximum atomic E-state index is 12.1. The topological polar surface area (TPSA) is 73.0 Å². The lowest BCUT2D eigenvalue weighted by Crippen LogP contribution is -2.01. The van der Waals surface area contributed by atoms with Gasteiger partial charge in [-0.15, -0.1) is 11.3 Å². The summed E-state index contributed by atoms with van der Waals surface area (Å²) in [4.78, 5) is 4.20. The second-order valence-electron chi connectivity index (χ2n) is 3.33. The molecule has 0 saturated heterocycles. The van der Waals surface area contributed by atoms with E-state index in [1.807, 2.05) is 0 Å². The summed E-state index contributed by atoms with van der Waals surface area (Å²) in [6, 6.07) is 6.10. The maximum absolute atomic E-state index is 12.1. The van der Waals surface area contributed by atoms with Crippen LogP contribution in [0.4, 0.5) is 5.69 Å². The Morgan fingerprint density at radius 1 is 1.25 bits per heavy atom. The van der Waals surface area contributed by atoms with Crippen LogP contribution >= 0.6 is 11.3 Å². The number of aryl methyl sites for hydroxylation is 1. The predicted octanol–water partition coefficient (Wildman–Crippen LogP) is 1.87. The highest BCUT2D eigenvalue weighted by atomic mass is 32.2. The first kappa shape index (κ1) is 11.1. The van der Waals surface area contributed by atoms with Crippen LogP contribution in [-0.4, -0.2) is 13.4 Å². The lowest BCUT2D eigenvalue weighted by Gasteiger charge is -2.00. The van der Waals surface area contributed by atoms with Gasteiger partial charge in [-0.3, -0.25) is 0 Å². The number of thiazole rings is 1. The summed E-state index contributed by atoms with van der Waals surface area (Å²) in [7, 11) is -3.48. The van der Waals surface area contributed by atoms with Crippen molar-refractivity contribution in [1.82, 2.24) is 4.98 Å². The molecule has 0 bridgehead atoms. The highest BCUT2D eigenvalue weighted by molar-refractivity contribution is 7.93. The molecule has 0 fully saturated rings. The van der Waals surface area contributed by atoms with E-state index >= 15 is 0 Å². The Morgan fingerprint density at radius 2 is 1.88 bits per heavy atom. The number of nitrogens with two attached hydrogens (primary N) is 1. The first-order valence-electron chi connectivity index (χ1n) is 4.53. The van der Waals surface area contributed by atoms with Crippen LogP contribution in [0.3, 0.4) is 0 Å². The summed E-state index contributed by atoms with van der Waals surface area (Å²) in [5, 5.41) is 1.71. The fourth-order valence-electron chi connectivity index (χ4n) is 1.20. The molecule has 0 aliphatic rings. The van der Waals surface area contributed by atoms with Crippen LogP contribution in [-0.2, 0) is 9.84 Å². The Labute approximate surface area is 97.7 Å². The van der Waals surface area contributed by atoms with E-state index in [4.69, 9.17) is 5.73 Å². The molecule has 2 N–H and O–H groups in total. The van der Waals surface area contributed by atoms with E-state index in [0.717, 1.165) is 11.3 Å². The first-order valence-corrected chi connectivity index (χ1v) is 6.89. The Morgan fingerprint density at radius 3 is 2.38 bits per heavy atom. The van der Waals surface area contributed by atoms with Gasteiger partial charge in [-0.2, -0.15) is 0 Å².